The van der Waals surface area contributed by atoms with Crippen LogP contribution in [-0.2, 0) is 0 Å². The Bertz CT molecular complexity index is 178. The number of hydrogen-bond donors (Lipinski definition) is 1. The molecule has 0 aromatic heterocycles. The van der Waals surface area contributed by atoms with E-state index in [1.165, 1.54) is 12.8 Å². The highest BCUT2D eigenvalue weighted by molar-refractivity contribution is 4.96. The first-order valence-electron chi connectivity index (χ1n) is 6.98. The highest BCUT2D eigenvalue weighted by Gasteiger charge is 2.36. The lowest BCUT2D eigenvalue weighted by Crippen LogP contribution is -2.60. The van der Waals surface area contributed by atoms with Gasteiger partial charge in [0.05, 0.1) is 0 Å². The highest BCUT2D eigenvalue weighted by atomic mass is 15.2. The predicted octanol–water partition coefficient (Wildman–Crippen LogP) is 3.26. The Labute approximate surface area is 103 Å². The molecule has 2 nitrogen and oxygen atoms in total. The lowest BCUT2D eigenvalue weighted by Gasteiger charge is -2.46. The second kappa shape index (κ2) is 7.29. The van der Waals surface area contributed by atoms with Gasteiger partial charge in [-0.1, -0.05) is 41.0 Å². The lowest BCUT2D eigenvalue weighted by atomic mass is 9.79. The molecule has 2 N–H and O–H groups in total. The van der Waals surface area contributed by atoms with Crippen LogP contribution < -0.4 is 5.73 Å². The molecule has 0 radical (unpaired) electrons. The van der Waals surface area contributed by atoms with Crippen molar-refractivity contribution in [2.75, 3.05) is 13.1 Å². The molecule has 0 rings (SSSR count). The molecule has 0 heterocycles. The van der Waals surface area contributed by atoms with Crippen LogP contribution in [0.3, 0.4) is 0 Å². The number of nitrogens with zero attached hydrogens (tertiary/aromatic N) is 1. The maximum atomic E-state index is 6.50. The predicted molar refractivity (Wildman–Crippen MR) is 73.7 cm³/mol. The van der Waals surface area contributed by atoms with Crippen LogP contribution in [0, 0.1) is 5.92 Å². The van der Waals surface area contributed by atoms with Gasteiger partial charge in [0.2, 0.25) is 0 Å². The van der Waals surface area contributed by atoms with Gasteiger partial charge < -0.3 is 5.73 Å². The third-order valence-corrected chi connectivity index (χ3v) is 4.28. The molecule has 0 bridgehead atoms. The molecular formula is C14H32N2. The molecule has 0 spiro atoms. The molecule has 0 aliphatic carbocycles. The van der Waals surface area contributed by atoms with Crippen molar-refractivity contribution in [2.24, 2.45) is 11.7 Å². The summed E-state index contributed by atoms with van der Waals surface area (Å²) < 4.78 is 0. The van der Waals surface area contributed by atoms with Crippen molar-refractivity contribution in [2.45, 2.75) is 72.4 Å². The van der Waals surface area contributed by atoms with E-state index in [4.69, 9.17) is 5.73 Å². The summed E-state index contributed by atoms with van der Waals surface area (Å²) in [6.45, 7) is 15.8. The minimum absolute atomic E-state index is 0.151. The maximum absolute atomic E-state index is 6.50. The first-order chi connectivity index (χ1) is 7.47. The van der Waals surface area contributed by atoms with E-state index in [1.54, 1.807) is 0 Å². The SMILES string of the molecule is CCCC(C)C(N)C(C)(CC)N(CC)CC. The van der Waals surface area contributed by atoms with E-state index in [0.29, 0.717) is 5.92 Å². The van der Waals surface area contributed by atoms with E-state index in [2.05, 4.69) is 46.4 Å². The monoisotopic (exact) mass is 228 g/mol. The van der Waals surface area contributed by atoms with E-state index < -0.39 is 0 Å². The molecule has 0 fully saturated rings. The van der Waals surface area contributed by atoms with E-state index >= 15 is 0 Å². The third kappa shape index (κ3) is 3.46. The van der Waals surface area contributed by atoms with Crippen molar-refractivity contribution < 1.29 is 0 Å². The van der Waals surface area contributed by atoms with Gasteiger partial charge in [-0.25, -0.2) is 0 Å². The van der Waals surface area contributed by atoms with Crippen LogP contribution in [0.2, 0.25) is 0 Å². The number of likely N-dealkylation sites (N-methyl/N-ethyl adjacent to an activating group) is 1. The molecule has 16 heavy (non-hydrogen) atoms. The van der Waals surface area contributed by atoms with Gasteiger partial charge >= 0.3 is 0 Å². The van der Waals surface area contributed by atoms with Gasteiger partial charge in [0.25, 0.3) is 0 Å². The minimum atomic E-state index is 0.151. The molecule has 2 heteroatoms. The van der Waals surface area contributed by atoms with Crippen LogP contribution >= 0.6 is 0 Å². The van der Waals surface area contributed by atoms with Crippen molar-refractivity contribution in [3.05, 3.63) is 0 Å². The van der Waals surface area contributed by atoms with Crippen molar-refractivity contribution >= 4 is 0 Å². The van der Waals surface area contributed by atoms with Gasteiger partial charge in [0, 0.05) is 11.6 Å². The van der Waals surface area contributed by atoms with Crippen LogP contribution in [0.15, 0.2) is 0 Å². The van der Waals surface area contributed by atoms with E-state index in [0.717, 1.165) is 19.5 Å². The fourth-order valence-electron chi connectivity index (χ4n) is 2.86. The summed E-state index contributed by atoms with van der Waals surface area (Å²) in [6.07, 6.45) is 3.59. The molecular weight excluding hydrogens is 196 g/mol. The Balaban J connectivity index is 4.78. The van der Waals surface area contributed by atoms with Crippen LogP contribution in [0.25, 0.3) is 0 Å². The Hall–Kier alpha value is -0.0800. The Morgan fingerprint density at radius 2 is 1.62 bits per heavy atom. The minimum Gasteiger partial charge on any atom is -0.326 e. The van der Waals surface area contributed by atoms with Gasteiger partial charge in [-0.3, -0.25) is 4.90 Å². The summed E-state index contributed by atoms with van der Waals surface area (Å²) >= 11 is 0. The Kier molecular flexibility index (Phi) is 7.25. The summed E-state index contributed by atoms with van der Waals surface area (Å²) in [5, 5.41) is 0. The number of nitrogens with two attached hydrogens (primary N) is 1. The molecule has 0 amide bonds. The molecule has 0 saturated carbocycles. The molecule has 0 aliphatic rings. The zero-order valence-corrected chi connectivity index (χ0v) is 12.2. The summed E-state index contributed by atoms with van der Waals surface area (Å²) in [4.78, 5) is 2.52. The van der Waals surface area contributed by atoms with Crippen molar-refractivity contribution in [1.29, 1.82) is 0 Å². The third-order valence-electron chi connectivity index (χ3n) is 4.28. The topological polar surface area (TPSA) is 29.3 Å². The van der Waals surface area contributed by atoms with Crippen molar-refractivity contribution in [3.63, 3.8) is 0 Å². The fraction of sp³-hybridized carbons (Fsp3) is 1.00. The van der Waals surface area contributed by atoms with Crippen molar-refractivity contribution in [1.82, 2.24) is 4.90 Å². The van der Waals surface area contributed by atoms with Crippen LogP contribution in [0.5, 0.6) is 0 Å². The zero-order chi connectivity index (χ0) is 12.8. The van der Waals surface area contributed by atoms with E-state index in [9.17, 15) is 0 Å². The molecule has 0 saturated heterocycles. The number of rotatable bonds is 8. The van der Waals surface area contributed by atoms with Gasteiger partial charge in [-0.15, -0.1) is 0 Å². The first-order valence-corrected chi connectivity index (χ1v) is 6.98. The quantitative estimate of drug-likeness (QED) is 0.691. The van der Waals surface area contributed by atoms with Crippen molar-refractivity contribution in [3.8, 4) is 0 Å². The second-order valence-electron chi connectivity index (χ2n) is 5.17. The molecule has 98 valence electrons. The van der Waals surface area contributed by atoms with Crippen LogP contribution in [0.4, 0.5) is 0 Å². The average Bonchev–Trinajstić information content (AvgIpc) is 2.29. The number of hydrogen-bond acceptors (Lipinski definition) is 2. The highest BCUT2D eigenvalue weighted by Crippen LogP contribution is 2.28. The molecule has 0 aromatic carbocycles. The summed E-state index contributed by atoms with van der Waals surface area (Å²) in [7, 11) is 0. The van der Waals surface area contributed by atoms with Gasteiger partial charge in [-0.05, 0) is 38.8 Å². The Morgan fingerprint density at radius 3 is 1.94 bits per heavy atom. The summed E-state index contributed by atoms with van der Waals surface area (Å²) in [6, 6.07) is 0.275. The zero-order valence-electron chi connectivity index (χ0n) is 12.2. The standard InChI is InChI=1S/C14H32N2/c1-7-11-12(5)13(15)14(6,8-2)16(9-3)10-4/h12-13H,7-11,15H2,1-6H3. The molecule has 0 aromatic rings. The van der Waals surface area contributed by atoms with Gasteiger partial charge in [-0.2, -0.15) is 0 Å². The van der Waals surface area contributed by atoms with E-state index in [-0.39, 0.29) is 11.6 Å². The largest absolute Gasteiger partial charge is 0.326 e. The Morgan fingerprint density at radius 1 is 1.12 bits per heavy atom. The second-order valence-corrected chi connectivity index (χ2v) is 5.17. The summed E-state index contributed by atoms with van der Waals surface area (Å²) in [5.74, 6) is 0.607. The normalized spacial score (nSPS) is 19.5. The molecule has 3 unspecified atom stereocenters. The fourth-order valence-corrected chi connectivity index (χ4v) is 2.86. The van der Waals surface area contributed by atoms with Crippen LogP contribution in [0.1, 0.15) is 60.8 Å². The van der Waals surface area contributed by atoms with Crippen LogP contribution in [-0.4, -0.2) is 29.6 Å². The van der Waals surface area contributed by atoms with Gasteiger partial charge in [0.1, 0.15) is 0 Å². The molecule has 0 aliphatic heterocycles. The average molecular weight is 228 g/mol. The maximum Gasteiger partial charge on any atom is 0.0332 e. The molecule has 3 atom stereocenters. The smallest absolute Gasteiger partial charge is 0.0332 e. The van der Waals surface area contributed by atoms with E-state index in [1.807, 2.05) is 0 Å². The first kappa shape index (κ1) is 15.9. The van der Waals surface area contributed by atoms with Gasteiger partial charge in [0.15, 0.2) is 0 Å². The lowest BCUT2D eigenvalue weighted by molar-refractivity contribution is 0.0634. The summed E-state index contributed by atoms with van der Waals surface area (Å²) in [5.41, 5.74) is 6.65.